The monoisotopic (exact) mass is 360 g/mol. The SMILES string of the molecule is Nn1c(SCc2nc(-c3ccc(F)cc3)no2)nnc1C(F)(F)F. The Kier molecular flexibility index (Phi) is 4.13. The van der Waals surface area contributed by atoms with Crippen LogP contribution >= 0.6 is 11.8 Å². The normalized spacial score (nSPS) is 11.8. The number of thioether (sulfide) groups is 1. The van der Waals surface area contributed by atoms with Gasteiger partial charge >= 0.3 is 6.18 Å². The van der Waals surface area contributed by atoms with Crippen molar-refractivity contribution in [2.75, 3.05) is 5.84 Å². The Morgan fingerprint density at radius 2 is 1.88 bits per heavy atom. The van der Waals surface area contributed by atoms with Crippen LogP contribution in [0.1, 0.15) is 11.7 Å². The van der Waals surface area contributed by atoms with Gasteiger partial charge in [0.1, 0.15) is 5.82 Å². The lowest BCUT2D eigenvalue weighted by Gasteiger charge is -2.05. The summed E-state index contributed by atoms with van der Waals surface area (Å²) in [5.41, 5.74) is 0.540. The van der Waals surface area contributed by atoms with Gasteiger partial charge in [-0.1, -0.05) is 16.9 Å². The van der Waals surface area contributed by atoms with E-state index < -0.39 is 17.8 Å². The van der Waals surface area contributed by atoms with E-state index >= 15 is 0 Å². The number of hydrogen-bond acceptors (Lipinski definition) is 7. The summed E-state index contributed by atoms with van der Waals surface area (Å²) in [5.74, 6) is 4.03. The number of rotatable bonds is 4. The number of hydrogen-bond donors (Lipinski definition) is 1. The Labute approximate surface area is 135 Å². The van der Waals surface area contributed by atoms with Crippen molar-refractivity contribution < 1.29 is 22.1 Å². The second kappa shape index (κ2) is 6.11. The van der Waals surface area contributed by atoms with Crippen LogP contribution < -0.4 is 5.84 Å². The molecule has 7 nitrogen and oxygen atoms in total. The summed E-state index contributed by atoms with van der Waals surface area (Å²) < 4.78 is 55.9. The second-order valence-electron chi connectivity index (χ2n) is 4.48. The van der Waals surface area contributed by atoms with Gasteiger partial charge in [0.2, 0.25) is 16.9 Å². The van der Waals surface area contributed by atoms with Gasteiger partial charge in [0.05, 0.1) is 5.75 Å². The van der Waals surface area contributed by atoms with Crippen molar-refractivity contribution in [2.45, 2.75) is 17.1 Å². The number of benzene rings is 1. The summed E-state index contributed by atoms with van der Waals surface area (Å²) in [6.45, 7) is 0. The predicted octanol–water partition coefficient (Wildman–Crippen LogP) is 2.49. The zero-order chi connectivity index (χ0) is 17.3. The summed E-state index contributed by atoms with van der Waals surface area (Å²) in [5, 5.41) is 9.94. The molecule has 0 fully saturated rings. The fraction of sp³-hybridized carbons (Fsp3) is 0.167. The van der Waals surface area contributed by atoms with Gasteiger partial charge in [0.15, 0.2) is 0 Å². The molecule has 1 aromatic carbocycles. The lowest BCUT2D eigenvalue weighted by Crippen LogP contribution is -2.21. The molecule has 2 N–H and O–H groups in total. The Bertz CT molecular complexity index is 844. The van der Waals surface area contributed by atoms with Crippen molar-refractivity contribution in [1.82, 2.24) is 25.0 Å². The number of nitrogen functional groups attached to an aromatic ring is 1. The van der Waals surface area contributed by atoms with E-state index in [4.69, 9.17) is 10.4 Å². The molecule has 3 rings (SSSR count). The van der Waals surface area contributed by atoms with Gasteiger partial charge in [-0.25, -0.2) is 9.07 Å². The molecule has 126 valence electrons. The lowest BCUT2D eigenvalue weighted by atomic mass is 10.2. The van der Waals surface area contributed by atoms with E-state index in [0.29, 0.717) is 10.2 Å². The molecule has 0 aliphatic rings. The topological polar surface area (TPSA) is 95.7 Å². The van der Waals surface area contributed by atoms with E-state index in [1.165, 1.54) is 24.3 Å². The van der Waals surface area contributed by atoms with Crippen molar-refractivity contribution in [2.24, 2.45) is 0 Å². The average molecular weight is 360 g/mol. The van der Waals surface area contributed by atoms with Gasteiger partial charge in [0.25, 0.3) is 5.82 Å². The molecular formula is C12H8F4N6OS. The maximum absolute atomic E-state index is 12.9. The average Bonchev–Trinajstić information content (AvgIpc) is 3.12. The van der Waals surface area contributed by atoms with E-state index in [9.17, 15) is 17.6 Å². The molecule has 0 saturated carbocycles. The number of halogens is 4. The van der Waals surface area contributed by atoms with Crippen LogP contribution in [0.5, 0.6) is 0 Å². The second-order valence-corrected chi connectivity index (χ2v) is 5.42. The number of aromatic nitrogens is 5. The quantitative estimate of drug-likeness (QED) is 0.434. The van der Waals surface area contributed by atoms with Crippen LogP contribution in [0.3, 0.4) is 0 Å². The zero-order valence-corrected chi connectivity index (χ0v) is 12.5. The van der Waals surface area contributed by atoms with Crippen molar-refractivity contribution in [1.29, 1.82) is 0 Å². The predicted molar refractivity (Wildman–Crippen MR) is 74.4 cm³/mol. The first-order valence-electron chi connectivity index (χ1n) is 6.33. The maximum Gasteiger partial charge on any atom is 0.453 e. The van der Waals surface area contributed by atoms with Crippen LogP contribution in [0.25, 0.3) is 11.4 Å². The molecule has 0 spiro atoms. The van der Waals surface area contributed by atoms with Crippen molar-refractivity contribution in [3.8, 4) is 11.4 Å². The first-order valence-corrected chi connectivity index (χ1v) is 7.32. The molecule has 2 aromatic heterocycles. The highest BCUT2D eigenvalue weighted by molar-refractivity contribution is 7.98. The minimum absolute atomic E-state index is 0.0430. The molecular weight excluding hydrogens is 352 g/mol. The third kappa shape index (κ3) is 3.32. The van der Waals surface area contributed by atoms with Crippen LogP contribution in [-0.4, -0.2) is 25.0 Å². The van der Waals surface area contributed by atoms with Gasteiger partial charge in [-0.15, -0.1) is 10.2 Å². The minimum atomic E-state index is -4.69. The fourth-order valence-electron chi connectivity index (χ4n) is 1.72. The van der Waals surface area contributed by atoms with Crippen molar-refractivity contribution in [3.05, 3.63) is 41.8 Å². The molecule has 2 heterocycles. The molecule has 0 saturated heterocycles. The molecule has 0 radical (unpaired) electrons. The van der Waals surface area contributed by atoms with Crippen LogP contribution in [0.4, 0.5) is 17.6 Å². The molecule has 12 heteroatoms. The third-order valence-corrected chi connectivity index (χ3v) is 3.74. The Morgan fingerprint density at radius 3 is 2.50 bits per heavy atom. The third-order valence-electron chi connectivity index (χ3n) is 2.81. The molecule has 0 amide bonds. The van der Waals surface area contributed by atoms with Crippen LogP contribution in [0.2, 0.25) is 0 Å². The molecule has 0 unspecified atom stereocenters. The van der Waals surface area contributed by atoms with Gasteiger partial charge in [-0.2, -0.15) is 18.2 Å². The summed E-state index contributed by atoms with van der Waals surface area (Å²) in [4.78, 5) is 4.07. The van der Waals surface area contributed by atoms with Crippen molar-refractivity contribution >= 4 is 11.8 Å². The maximum atomic E-state index is 12.9. The molecule has 0 aliphatic heterocycles. The first kappa shape index (κ1) is 16.2. The highest BCUT2D eigenvalue weighted by atomic mass is 32.2. The number of nitrogens with two attached hydrogens (primary N) is 1. The van der Waals surface area contributed by atoms with E-state index in [0.717, 1.165) is 11.8 Å². The van der Waals surface area contributed by atoms with E-state index in [1.54, 1.807) is 0 Å². The van der Waals surface area contributed by atoms with Crippen LogP contribution in [0, 0.1) is 5.82 Å². The Hall–Kier alpha value is -2.63. The summed E-state index contributed by atoms with van der Waals surface area (Å²) in [6, 6.07) is 5.44. The van der Waals surface area contributed by atoms with Gasteiger partial charge < -0.3 is 10.4 Å². The van der Waals surface area contributed by atoms with E-state index in [-0.39, 0.29) is 22.6 Å². The first-order chi connectivity index (χ1) is 11.3. The standard InChI is InChI=1S/C12H8F4N6OS/c13-7-3-1-6(2-4-7)9-18-8(23-21-9)5-24-11-20-19-10(22(11)17)12(14,15)16/h1-4H,5,17H2. The highest BCUT2D eigenvalue weighted by Crippen LogP contribution is 2.29. The van der Waals surface area contributed by atoms with Crippen LogP contribution in [0.15, 0.2) is 33.9 Å². The molecule has 0 bridgehead atoms. The number of nitrogens with zero attached hydrogens (tertiary/aromatic N) is 5. The fourth-order valence-corrected chi connectivity index (χ4v) is 2.42. The summed E-state index contributed by atoms with van der Waals surface area (Å²) in [7, 11) is 0. The lowest BCUT2D eigenvalue weighted by molar-refractivity contribution is -0.146. The minimum Gasteiger partial charge on any atom is -0.338 e. The highest BCUT2D eigenvalue weighted by Gasteiger charge is 2.38. The summed E-state index contributed by atoms with van der Waals surface area (Å²) in [6.07, 6.45) is -4.69. The Balaban J connectivity index is 1.70. The van der Waals surface area contributed by atoms with Crippen LogP contribution in [-0.2, 0) is 11.9 Å². The van der Waals surface area contributed by atoms with Gasteiger partial charge in [0, 0.05) is 5.56 Å². The van der Waals surface area contributed by atoms with E-state index in [2.05, 4.69) is 20.3 Å². The number of alkyl halides is 3. The summed E-state index contributed by atoms with van der Waals surface area (Å²) >= 11 is 0.856. The van der Waals surface area contributed by atoms with Gasteiger partial charge in [-0.05, 0) is 24.3 Å². The van der Waals surface area contributed by atoms with Crippen molar-refractivity contribution in [3.63, 3.8) is 0 Å². The molecule has 0 aliphatic carbocycles. The van der Waals surface area contributed by atoms with Gasteiger partial charge in [-0.3, -0.25) is 0 Å². The largest absolute Gasteiger partial charge is 0.453 e. The Morgan fingerprint density at radius 1 is 1.17 bits per heavy atom. The molecule has 0 atom stereocenters. The smallest absolute Gasteiger partial charge is 0.338 e. The molecule has 3 aromatic rings. The zero-order valence-electron chi connectivity index (χ0n) is 11.7. The molecule has 24 heavy (non-hydrogen) atoms. The van der Waals surface area contributed by atoms with E-state index in [1.807, 2.05) is 0 Å².